The van der Waals surface area contributed by atoms with Gasteiger partial charge in [0, 0.05) is 39.1 Å². The Morgan fingerprint density at radius 1 is 1.32 bits per heavy atom. The number of nitrogens with zero attached hydrogens (tertiary/aromatic N) is 2. The van der Waals surface area contributed by atoms with Crippen LogP contribution in [0.15, 0.2) is 22.5 Å². The predicted molar refractivity (Wildman–Crippen MR) is 109 cm³/mol. The molecule has 0 atom stereocenters. The zero-order valence-electron chi connectivity index (χ0n) is 14.3. The number of rotatable bonds is 6. The molecule has 4 nitrogen and oxygen atoms in total. The minimum Gasteiger partial charge on any atom is -0.363 e. The highest BCUT2D eigenvalue weighted by molar-refractivity contribution is 14.0. The quantitative estimate of drug-likeness (QED) is 0.272. The summed E-state index contributed by atoms with van der Waals surface area (Å²) in [6.07, 6.45) is -2.11. The molecule has 0 unspecified atom stereocenters. The van der Waals surface area contributed by atoms with Gasteiger partial charge in [-0.05, 0) is 43.2 Å². The van der Waals surface area contributed by atoms with Crippen molar-refractivity contribution in [1.29, 1.82) is 0 Å². The summed E-state index contributed by atoms with van der Waals surface area (Å²) in [6.45, 7) is 2.51. The monoisotopic (exact) mass is 490 g/mol. The lowest BCUT2D eigenvalue weighted by atomic mass is 10.1. The number of anilines is 1. The van der Waals surface area contributed by atoms with Crippen LogP contribution in [0.3, 0.4) is 0 Å². The number of guanidine groups is 1. The van der Waals surface area contributed by atoms with Gasteiger partial charge in [-0.2, -0.15) is 13.2 Å². The third-order valence-corrected chi connectivity index (χ3v) is 4.99. The first kappa shape index (κ1) is 22.3. The smallest absolute Gasteiger partial charge is 0.363 e. The normalized spacial score (nSPS) is 16.5. The molecular weight excluding hydrogens is 464 g/mol. The van der Waals surface area contributed by atoms with Crippen molar-refractivity contribution in [3.63, 3.8) is 0 Å². The van der Waals surface area contributed by atoms with E-state index >= 15 is 0 Å². The van der Waals surface area contributed by atoms with Crippen LogP contribution in [0.4, 0.5) is 18.2 Å². The molecular formula is C16H26F3IN4S. The number of hydrogen-bond acceptors (Lipinski definition) is 3. The van der Waals surface area contributed by atoms with E-state index in [0.717, 1.165) is 25.9 Å². The van der Waals surface area contributed by atoms with Gasteiger partial charge in [0.1, 0.15) is 0 Å². The third kappa shape index (κ3) is 8.48. The highest BCUT2D eigenvalue weighted by Crippen LogP contribution is 2.25. The molecule has 0 amide bonds. The number of alkyl halides is 3. The minimum absolute atomic E-state index is 0. The first-order valence-corrected chi connectivity index (χ1v) is 9.18. The summed E-state index contributed by atoms with van der Waals surface area (Å²) in [7, 11) is 1.69. The van der Waals surface area contributed by atoms with Crippen molar-refractivity contribution in [2.24, 2.45) is 4.99 Å². The molecule has 9 heteroatoms. The molecule has 1 saturated heterocycles. The van der Waals surface area contributed by atoms with E-state index in [1.165, 1.54) is 5.00 Å². The average molecular weight is 490 g/mol. The molecule has 1 aliphatic heterocycles. The van der Waals surface area contributed by atoms with Crippen LogP contribution in [-0.2, 0) is 0 Å². The SMILES string of the molecule is CN=C(NCCCCC(F)(F)F)NC1CCN(c2cccs2)CC1.I. The van der Waals surface area contributed by atoms with Gasteiger partial charge in [0.2, 0.25) is 0 Å². The van der Waals surface area contributed by atoms with Crippen LogP contribution in [0.1, 0.15) is 32.1 Å². The molecule has 1 aromatic heterocycles. The molecule has 0 aromatic carbocycles. The number of unbranched alkanes of at least 4 members (excludes halogenated alkanes) is 1. The van der Waals surface area contributed by atoms with Gasteiger partial charge >= 0.3 is 6.18 Å². The van der Waals surface area contributed by atoms with Crippen LogP contribution >= 0.6 is 35.3 Å². The Hall–Kier alpha value is -0.710. The molecule has 0 aliphatic carbocycles. The van der Waals surface area contributed by atoms with Crippen molar-refractivity contribution in [3.05, 3.63) is 17.5 Å². The fourth-order valence-electron chi connectivity index (χ4n) is 2.74. The van der Waals surface area contributed by atoms with Gasteiger partial charge < -0.3 is 15.5 Å². The molecule has 144 valence electrons. The van der Waals surface area contributed by atoms with E-state index in [0.29, 0.717) is 25.0 Å². The Kier molecular flexibility index (Phi) is 9.91. The topological polar surface area (TPSA) is 39.7 Å². The fraction of sp³-hybridized carbons (Fsp3) is 0.688. The molecule has 1 aromatic rings. The molecule has 0 spiro atoms. The molecule has 25 heavy (non-hydrogen) atoms. The van der Waals surface area contributed by atoms with E-state index in [1.807, 2.05) is 0 Å². The zero-order chi connectivity index (χ0) is 17.4. The van der Waals surface area contributed by atoms with Crippen molar-refractivity contribution in [1.82, 2.24) is 10.6 Å². The van der Waals surface area contributed by atoms with Crippen LogP contribution in [0.5, 0.6) is 0 Å². The predicted octanol–water partition coefficient (Wildman–Crippen LogP) is 4.23. The van der Waals surface area contributed by atoms with Crippen LogP contribution < -0.4 is 15.5 Å². The largest absolute Gasteiger partial charge is 0.389 e. The molecule has 0 radical (unpaired) electrons. The lowest BCUT2D eigenvalue weighted by Crippen LogP contribution is -2.48. The minimum atomic E-state index is -4.06. The average Bonchev–Trinajstić information content (AvgIpc) is 3.07. The number of aliphatic imine (C=N–C) groups is 1. The zero-order valence-corrected chi connectivity index (χ0v) is 17.5. The van der Waals surface area contributed by atoms with Gasteiger partial charge in [0.25, 0.3) is 0 Å². The third-order valence-electron chi connectivity index (χ3n) is 4.06. The Balaban J connectivity index is 0.00000312. The van der Waals surface area contributed by atoms with Crippen molar-refractivity contribution >= 4 is 46.3 Å². The van der Waals surface area contributed by atoms with Gasteiger partial charge in [0.05, 0.1) is 5.00 Å². The van der Waals surface area contributed by atoms with Crippen LogP contribution in [0, 0.1) is 0 Å². The summed E-state index contributed by atoms with van der Waals surface area (Å²) in [5.41, 5.74) is 0. The maximum Gasteiger partial charge on any atom is 0.389 e. The van der Waals surface area contributed by atoms with E-state index in [1.54, 1.807) is 18.4 Å². The molecule has 1 aliphatic rings. The van der Waals surface area contributed by atoms with Crippen molar-refractivity contribution < 1.29 is 13.2 Å². The van der Waals surface area contributed by atoms with Gasteiger partial charge in [-0.25, -0.2) is 0 Å². The second-order valence-electron chi connectivity index (χ2n) is 5.93. The Labute approximate surface area is 168 Å². The summed E-state index contributed by atoms with van der Waals surface area (Å²) in [5, 5.41) is 9.87. The van der Waals surface area contributed by atoms with Crippen LogP contribution in [0.25, 0.3) is 0 Å². The van der Waals surface area contributed by atoms with Crippen molar-refractivity contribution in [2.45, 2.75) is 44.3 Å². The number of nitrogens with one attached hydrogen (secondary N) is 2. The highest BCUT2D eigenvalue weighted by atomic mass is 127. The molecule has 0 saturated carbocycles. The van der Waals surface area contributed by atoms with Crippen LogP contribution in [0.2, 0.25) is 0 Å². The van der Waals surface area contributed by atoms with E-state index in [-0.39, 0.29) is 30.4 Å². The van der Waals surface area contributed by atoms with Gasteiger partial charge in [-0.1, -0.05) is 0 Å². The van der Waals surface area contributed by atoms with E-state index in [9.17, 15) is 13.2 Å². The Morgan fingerprint density at radius 2 is 2.04 bits per heavy atom. The lowest BCUT2D eigenvalue weighted by Gasteiger charge is -2.33. The van der Waals surface area contributed by atoms with Gasteiger partial charge in [-0.15, -0.1) is 35.3 Å². The summed E-state index contributed by atoms with van der Waals surface area (Å²) in [4.78, 5) is 6.54. The highest BCUT2D eigenvalue weighted by Gasteiger charge is 2.25. The fourth-order valence-corrected chi connectivity index (χ4v) is 3.52. The number of thiophene rings is 1. The summed E-state index contributed by atoms with van der Waals surface area (Å²) in [6, 6.07) is 4.55. The number of hydrogen-bond donors (Lipinski definition) is 2. The summed E-state index contributed by atoms with van der Waals surface area (Å²) in [5.74, 6) is 0.677. The van der Waals surface area contributed by atoms with Crippen molar-refractivity contribution in [3.8, 4) is 0 Å². The first-order chi connectivity index (χ1) is 11.5. The number of piperidine rings is 1. The molecule has 2 heterocycles. The lowest BCUT2D eigenvalue weighted by molar-refractivity contribution is -0.135. The summed E-state index contributed by atoms with van der Waals surface area (Å²) >= 11 is 1.76. The Bertz CT molecular complexity index is 500. The van der Waals surface area contributed by atoms with Gasteiger partial charge in [0.15, 0.2) is 5.96 Å². The first-order valence-electron chi connectivity index (χ1n) is 8.30. The summed E-state index contributed by atoms with van der Waals surface area (Å²) < 4.78 is 36.3. The maximum atomic E-state index is 12.1. The molecule has 1 fully saturated rings. The maximum absolute atomic E-state index is 12.1. The van der Waals surface area contributed by atoms with E-state index < -0.39 is 12.6 Å². The van der Waals surface area contributed by atoms with E-state index in [4.69, 9.17) is 0 Å². The second kappa shape index (κ2) is 11.1. The number of halogens is 4. The second-order valence-corrected chi connectivity index (χ2v) is 6.85. The van der Waals surface area contributed by atoms with Gasteiger partial charge in [-0.3, -0.25) is 4.99 Å². The Morgan fingerprint density at radius 3 is 2.60 bits per heavy atom. The molecule has 0 bridgehead atoms. The van der Waals surface area contributed by atoms with E-state index in [2.05, 4.69) is 38.0 Å². The molecule has 2 rings (SSSR count). The van der Waals surface area contributed by atoms with Crippen molar-refractivity contribution in [2.75, 3.05) is 31.6 Å². The molecule has 2 N–H and O–H groups in total. The van der Waals surface area contributed by atoms with Crippen LogP contribution in [-0.4, -0.2) is 44.9 Å². The standard InChI is InChI=1S/C16H25F3N4S.HI/c1-20-15(21-9-3-2-8-16(17,18)19)22-13-6-10-23(11-7-13)14-5-4-12-24-14;/h4-5,12-13H,2-3,6-11H2,1H3,(H2,20,21,22);1H.